The van der Waals surface area contributed by atoms with Gasteiger partial charge in [0.15, 0.2) is 0 Å². The summed E-state index contributed by atoms with van der Waals surface area (Å²) in [5.74, 6) is 0.396. The number of hydrogen-bond acceptors (Lipinski definition) is 2. The van der Waals surface area contributed by atoms with E-state index in [0.717, 1.165) is 12.8 Å². The van der Waals surface area contributed by atoms with Crippen LogP contribution < -0.4 is 11.1 Å². The first-order valence-electron chi connectivity index (χ1n) is 7.54. The van der Waals surface area contributed by atoms with Gasteiger partial charge in [-0.2, -0.15) is 0 Å². The van der Waals surface area contributed by atoms with Gasteiger partial charge in [-0.3, -0.25) is 4.79 Å². The van der Waals surface area contributed by atoms with Gasteiger partial charge in [0.2, 0.25) is 5.91 Å². The standard InChI is InChI=1S/C17H28N2O.ClH/c1-5-17(6-2,12-18)16(20)19-11-14(4)15-9-7-8-13(3)10-15;/h7-10,14H,5-6,11-12,18H2,1-4H3,(H,19,20);1H. The van der Waals surface area contributed by atoms with Gasteiger partial charge >= 0.3 is 0 Å². The first-order chi connectivity index (χ1) is 9.49. The Morgan fingerprint density at radius 2 is 1.95 bits per heavy atom. The second kappa shape index (κ2) is 9.06. The van der Waals surface area contributed by atoms with E-state index in [1.807, 2.05) is 13.8 Å². The number of nitrogens with two attached hydrogens (primary N) is 1. The Bertz CT molecular complexity index is 436. The molecule has 1 atom stereocenters. The summed E-state index contributed by atoms with van der Waals surface area (Å²) in [6, 6.07) is 8.43. The molecule has 3 nitrogen and oxygen atoms in total. The summed E-state index contributed by atoms with van der Waals surface area (Å²) in [5.41, 5.74) is 7.91. The van der Waals surface area contributed by atoms with E-state index >= 15 is 0 Å². The van der Waals surface area contributed by atoms with E-state index in [4.69, 9.17) is 5.73 Å². The minimum absolute atomic E-state index is 0. The average Bonchev–Trinajstić information content (AvgIpc) is 2.47. The van der Waals surface area contributed by atoms with Crippen molar-refractivity contribution in [1.82, 2.24) is 5.32 Å². The fraction of sp³-hybridized carbons (Fsp3) is 0.588. The molecule has 0 aliphatic carbocycles. The maximum Gasteiger partial charge on any atom is 0.227 e. The molecule has 0 saturated heterocycles. The fourth-order valence-corrected chi connectivity index (χ4v) is 2.48. The highest BCUT2D eigenvalue weighted by molar-refractivity contribution is 5.85. The lowest BCUT2D eigenvalue weighted by Crippen LogP contribution is -2.46. The molecule has 1 aromatic rings. The van der Waals surface area contributed by atoms with Gasteiger partial charge in [-0.25, -0.2) is 0 Å². The van der Waals surface area contributed by atoms with E-state index in [0.29, 0.717) is 19.0 Å². The third-order valence-corrected chi connectivity index (χ3v) is 4.41. The zero-order chi connectivity index (χ0) is 15.2. The van der Waals surface area contributed by atoms with Crippen LogP contribution in [0.4, 0.5) is 0 Å². The SMILES string of the molecule is CCC(CC)(CN)C(=O)NCC(C)c1cccc(C)c1.Cl. The molecule has 0 bridgehead atoms. The predicted molar refractivity (Wildman–Crippen MR) is 91.9 cm³/mol. The summed E-state index contributed by atoms with van der Waals surface area (Å²) in [7, 11) is 0. The monoisotopic (exact) mass is 312 g/mol. The van der Waals surface area contributed by atoms with E-state index in [-0.39, 0.29) is 18.3 Å². The number of benzene rings is 1. The van der Waals surface area contributed by atoms with Gasteiger partial charge in [-0.05, 0) is 31.2 Å². The zero-order valence-electron chi connectivity index (χ0n) is 13.6. The molecule has 0 radical (unpaired) electrons. The number of hydrogen-bond donors (Lipinski definition) is 2. The van der Waals surface area contributed by atoms with Gasteiger partial charge in [0.05, 0.1) is 5.41 Å². The van der Waals surface area contributed by atoms with Crippen LogP contribution in [0.1, 0.15) is 50.7 Å². The molecule has 0 saturated carbocycles. The third-order valence-electron chi connectivity index (χ3n) is 4.41. The smallest absolute Gasteiger partial charge is 0.227 e. The molecular weight excluding hydrogens is 284 g/mol. The van der Waals surface area contributed by atoms with Crippen LogP contribution in [0.5, 0.6) is 0 Å². The van der Waals surface area contributed by atoms with Crippen molar-refractivity contribution in [2.24, 2.45) is 11.1 Å². The van der Waals surface area contributed by atoms with Crippen molar-refractivity contribution in [1.29, 1.82) is 0 Å². The Labute approximate surface area is 135 Å². The summed E-state index contributed by atoms with van der Waals surface area (Å²) in [6.07, 6.45) is 1.56. The van der Waals surface area contributed by atoms with Crippen molar-refractivity contribution in [3.8, 4) is 0 Å². The molecule has 0 aromatic heterocycles. The predicted octanol–water partition coefficient (Wildman–Crippen LogP) is 3.40. The minimum atomic E-state index is -0.410. The summed E-state index contributed by atoms with van der Waals surface area (Å²) >= 11 is 0. The number of nitrogens with one attached hydrogen (secondary N) is 1. The number of rotatable bonds is 7. The quantitative estimate of drug-likeness (QED) is 0.810. The van der Waals surface area contributed by atoms with E-state index in [1.165, 1.54) is 11.1 Å². The maximum atomic E-state index is 12.4. The summed E-state index contributed by atoms with van der Waals surface area (Å²) in [5, 5.41) is 3.08. The van der Waals surface area contributed by atoms with Crippen LogP contribution in [0.2, 0.25) is 0 Å². The fourth-order valence-electron chi connectivity index (χ4n) is 2.48. The van der Waals surface area contributed by atoms with Gasteiger partial charge in [0.1, 0.15) is 0 Å². The lowest BCUT2D eigenvalue weighted by Gasteiger charge is -2.29. The highest BCUT2D eigenvalue weighted by Crippen LogP contribution is 2.25. The molecule has 1 rings (SSSR count). The van der Waals surface area contributed by atoms with Gasteiger partial charge in [0, 0.05) is 13.1 Å². The van der Waals surface area contributed by atoms with E-state index in [9.17, 15) is 4.79 Å². The molecule has 4 heteroatoms. The van der Waals surface area contributed by atoms with Crippen LogP contribution in [-0.2, 0) is 4.79 Å². The Morgan fingerprint density at radius 3 is 2.43 bits per heavy atom. The second-order valence-corrected chi connectivity index (χ2v) is 5.72. The maximum absolute atomic E-state index is 12.4. The lowest BCUT2D eigenvalue weighted by molar-refractivity contribution is -0.131. The number of carbonyl (C=O) groups excluding carboxylic acids is 1. The van der Waals surface area contributed by atoms with E-state index in [1.54, 1.807) is 0 Å². The molecule has 120 valence electrons. The van der Waals surface area contributed by atoms with E-state index in [2.05, 4.69) is 43.4 Å². The summed E-state index contributed by atoms with van der Waals surface area (Å²) in [4.78, 5) is 12.4. The number of halogens is 1. The minimum Gasteiger partial charge on any atom is -0.355 e. The molecule has 3 N–H and O–H groups in total. The van der Waals surface area contributed by atoms with Crippen LogP contribution in [-0.4, -0.2) is 19.0 Å². The zero-order valence-corrected chi connectivity index (χ0v) is 14.4. The van der Waals surface area contributed by atoms with Crippen LogP contribution in [0.3, 0.4) is 0 Å². The highest BCUT2D eigenvalue weighted by atomic mass is 35.5. The molecule has 0 aliphatic rings. The molecule has 0 aliphatic heterocycles. The molecule has 0 spiro atoms. The van der Waals surface area contributed by atoms with Crippen molar-refractivity contribution >= 4 is 18.3 Å². The van der Waals surface area contributed by atoms with E-state index < -0.39 is 5.41 Å². The van der Waals surface area contributed by atoms with Gasteiger partial charge in [-0.1, -0.05) is 50.6 Å². The Kier molecular flexibility index (Phi) is 8.60. The molecule has 1 unspecified atom stereocenters. The molecule has 1 aromatic carbocycles. The Balaban J connectivity index is 0.00000400. The van der Waals surface area contributed by atoms with Crippen molar-refractivity contribution < 1.29 is 4.79 Å². The number of aryl methyl sites for hydroxylation is 1. The topological polar surface area (TPSA) is 55.1 Å². The van der Waals surface area contributed by atoms with Crippen molar-refractivity contribution in [2.45, 2.75) is 46.5 Å². The molecule has 0 heterocycles. The first kappa shape index (κ1) is 19.9. The van der Waals surface area contributed by atoms with Crippen LogP contribution in [0, 0.1) is 12.3 Å². The summed E-state index contributed by atoms with van der Waals surface area (Å²) in [6.45, 7) is 9.34. The largest absolute Gasteiger partial charge is 0.355 e. The normalized spacial score (nSPS) is 12.4. The Morgan fingerprint density at radius 1 is 1.33 bits per heavy atom. The van der Waals surface area contributed by atoms with Gasteiger partial charge in [0.25, 0.3) is 0 Å². The average molecular weight is 313 g/mol. The van der Waals surface area contributed by atoms with Crippen LogP contribution in [0.25, 0.3) is 0 Å². The molecular formula is C17H29ClN2O. The summed E-state index contributed by atoms with van der Waals surface area (Å²) < 4.78 is 0. The van der Waals surface area contributed by atoms with Crippen molar-refractivity contribution in [3.05, 3.63) is 35.4 Å². The number of amides is 1. The molecule has 1 amide bonds. The highest BCUT2D eigenvalue weighted by Gasteiger charge is 2.33. The van der Waals surface area contributed by atoms with Gasteiger partial charge in [-0.15, -0.1) is 12.4 Å². The Hall–Kier alpha value is -1.06. The first-order valence-corrected chi connectivity index (χ1v) is 7.54. The van der Waals surface area contributed by atoms with Crippen molar-refractivity contribution in [3.63, 3.8) is 0 Å². The molecule has 0 fully saturated rings. The second-order valence-electron chi connectivity index (χ2n) is 5.72. The lowest BCUT2D eigenvalue weighted by atomic mass is 9.81. The molecule has 21 heavy (non-hydrogen) atoms. The third kappa shape index (κ3) is 5.01. The van der Waals surface area contributed by atoms with Crippen LogP contribution in [0.15, 0.2) is 24.3 Å². The number of carbonyl (C=O) groups is 1. The van der Waals surface area contributed by atoms with Crippen LogP contribution >= 0.6 is 12.4 Å². The van der Waals surface area contributed by atoms with Crippen molar-refractivity contribution in [2.75, 3.05) is 13.1 Å². The van der Waals surface area contributed by atoms with Gasteiger partial charge < -0.3 is 11.1 Å².